The van der Waals surface area contributed by atoms with Gasteiger partial charge in [-0.1, -0.05) is 12.1 Å². The lowest BCUT2D eigenvalue weighted by molar-refractivity contribution is 0.0706. The highest BCUT2D eigenvalue weighted by Gasteiger charge is 2.32. The molecule has 1 amide bonds. The van der Waals surface area contributed by atoms with Gasteiger partial charge in [0.05, 0.1) is 0 Å². The van der Waals surface area contributed by atoms with Crippen molar-refractivity contribution in [2.45, 2.75) is 31.6 Å². The van der Waals surface area contributed by atoms with E-state index in [-0.39, 0.29) is 5.78 Å². The first-order chi connectivity index (χ1) is 13.2. The number of aryl methyl sites for hydroxylation is 1. The van der Waals surface area contributed by atoms with E-state index in [4.69, 9.17) is 5.21 Å². The zero-order valence-corrected chi connectivity index (χ0v) is 16.0. The standard InChI is InChI=1S/C19H17N3O3S2/c23-14(8-3-11-1-4-13(5-2-11)17(24)22-25)15-16(12-6-7-12)27-19(21-15)18-20-9-10-26-18/h1-2,4-5,9-10,12,25H,3,6-8H2,(H,22,24). The molecule has 0 spiro atoms. The Balaban J connectivity index is 1.47. The van der Waals surface area contributed by atoms with Gasteiger partial charge in [0.1, 0.15) is 5.69 Å². The Labute approximate surface area is 163 Å². The molecule has 0 saturated heterocycles. The molecule has 0 unspecified atom stereocenters. The van der Waals surface area contributed by atoms with Crippen molar-refractivity contribution in [3.63, 3.8) is 0 Å². The van der Waals surface area contributed by atoms with E-state index in [9.17, 15) is 9.59 Å². The highest BCUT2D eigenvalue weighted by molar-refractivity contribution is 7.20. The molecular formula is C19H17N3O3S2. The first-order valence-electron chi connectivity index (χ1n) is 8.63. The Morgan fingerprint density at radius 2 is 1.96 bits per heavy atom. The summed E-state index contributed by atoms with van der Waals surface area (Å²) in [4.78, 5) is 34.2. The lowest BCUT2D eigenvalue weighted by Gasteiger charge is -2.03. The molecule has 3 aromatic rings. The Morgan fingerprint density at radius 1 is 1.19 bits per heavy atom. The second kappa shape index (κ2) is 7.67. The van der Waals surface area contributed by atoms with Crippen LogP contribution in [0.5, 0.6) is 0 Å². The van der Waals surface area contributed by atoms with Gasteiger partial charge >= 0.3 is 0 Å². The summed E-state index contributed by atoms with van der Waals surface area (Å²) < 4.78 is 0. The van der Waals surface area contributed by atoms with Crippen LogP contribution in [0.1, 0.15) is 56.5 Å². The van der Waals surface area contributed by atoms with Gasteiger partial charge in [0.15, 0.2) is 15.8 Å². The van der Waals surface area contributed by atoms with Crippen LogP contribution in [0.3, 0.4) is 0 Å². The number of benzene rings is 1. The predicted molar refractivity (Wildman–Crippen MR) is 104 cm³/mol. The highest BCUT2D eigenvalue weighted by Crippen LogP contribution is 2.46. The maximum atomic E-state index is 12.8. The van der Waals surface area contributed by atoms with Gasteiger partial charge in [-0.15, -0.1) is 22.7 Å². The van der Waals surface area contributed by atoms with Crippen LogP contribution < -0.4 is 5.48 Å². The molecule has 1 aliphatic carbocycles. The van der Waals surface area contributed by atoms with Crippen molar-refractivity contribution in [1.29, 1.82) is 0 Å². The summed E-state index contributed by atoms with van der Waals surface area (Å²) in [5.41, 5.74) is 3.54. The summed E-state index contributed by atoms with van der Waals surface area (Å²) in [5, 5.41) is 12.3. The SMILES string of the molecule is O=C(NO)c1ccc(CCC(=O)c2nc(-c3nccs3)sc2C2CC2)cc1. The molecule has 2 aromatic heterocycles. The van der Waals surface area contributed by atoms with Crippen molar-refractivity contribution >= 4 is 34.4 Å². The Hall–Kier alpha value is -2.42. The van der Waals surface area contributed by atoms with E-state index < -0.39 is 5.91 Å². The third kappa shape index (κ3) is 3.97. The quantitative estimate of drug-likeness (QED) is 0.355. The van der Waals surface area contributed by atoms with E-state index in [0.717, 1.165) is 33.3 Å². The molecule has 27 heavy (non-hydrogen) atoms. The summed E-state index contributed by atoms with van der Waals surface area (Å²) in [6, 6.07) is 6.85. The molecule has 2 N–H and O–H groups in total. The van der Waals surface area contributed by atoms with Gasteiger partial charge in [0.25, 0.3) is 5.91 Å². The van der Waals surface area contributed by atoms with Gasteiger partial charge in [-0.05, 0) is 42.9 Å². The van der Waals surface area contributed by atoms with E-state index in [1.54, 1.807) is 47.3 Å². The minimum atomic E-state index is -0.552. The van der Waals surface area contributed by atoms with E-state index in [2.05, 4.69) is 9.97 Å². The third-order valence-corrected chi connectivity index (χ3v) is 6.57. The fourth-order valence-corrected chi connectivity index (χ4v) is 4.77. The normalized spacial score (nSPS) is 13.5. The first kappa shape index (κ1) is 18.0. The van der Waals surface area contributed by atoms with Crippen LogP contribution in [0.15, 0.2) is 35.8 Å². The zero-order chi connectivity index (χ0) is 18.8. The largest absolute Gasteiger partial charge is 0.292 e. The molecule has 138 valence electrons. The summed E-state index contributed by atoms with van der Waals surface area (Å²) >= 11 is 3.13. The number of hydrogen-bond acceptors (Lipinski definition) is 7. The number of amides is 1. The fourth-order valence-electron chi connectivity index (χ4n) is 2.84. The van der Waals surface area contributed by atoms with Crippen LogP contribution in [-0.4, -0.2) is 26.9 Å². The van der Waals surface area contributed by atoms with Crippen LogP contribution in [0.4, 0.5) is 0 Å². The molecule has 1 fully saturated rings. The molecule has 6 nitrogen and oxygen atoms in total. The number of aromatic nitrogens is 2. The van der Waals surface area contributed by atoms with E-state index in [1.165, 1.54) is 11.3 Å². The van der Waals surface area contributed by atoms with Crippen molar-refractivity contribution in [3.05, 3.63) is 57.5 Å². The molecule has 1 aromatic carbocycles. The van der Waals surface area contributed by atoms with Crippen LogP contribution in [0, 0.1) is 0 Å². The topological polar surface area (TPSA) is 92.2 Å². The maximum absolute atomic E-state index is 12.8. The van der Waals surface area contributed by atoms with Crippen LogP contribution in [0.2, 0.25) is 0 Å². The van der Waals surface area contributed by atoms with Crippen LogP contribution in [-0.2, 0) is 6.42 Å². The van der Waals surface area contributed by atoms with Crippen molar-refractivity contribution in [1.82, 2.24) is 15.4 Å². The van der Waals surface area contributed by atoms with E-state index in [1.807, 2.05) is 5.38 Å². The monoisotopic (exact) mass is 399 g/mol. The minimum Gasteiger partial charge on any atom is -0.292 e. The predicted octanol–water partition coefficient (Wildman–Crippen LogP) is 4.08. The molecule has 2 heterocycles. The number of ketones is 1. The number of Topliss-reactive ketones (excluding diaryl/α,β-unsaturated/α-hetero) is 1. The van der Waals surface area contributed by atoms with Crippen molar-refractivity contribution in [2.75, 3.05) is 0 Å². The summed E-state index contributed by atoms with van der Waals surface area (Å²) in [5.74, 6) is -0.0385. The number of nitrogens with one attached hydrogen (secondary N) is 1. The van der Waals surface area contributed by atoms with Crippen molar-refractivity contribution in [3.8, 4) is 10.0 Å². The smallest absolute Gasteiger partial charge is 0.274 e. The van der Waals surface area contributed by atoms with Gasteiger partial charge in [-0.2, -0.15) is 0 Å². The number of hydroxylamine groups is 1. The van der Waals surface area contributed by atoms with Crippen molar-refractivity contribution in [2.24, 2.45) is 0 Å². The lowest BCUT2D eigenvalue weighted by Crippen LogP contribution is -2.18. The molecule has 4 rings (SSSR count). The Morgan fingerprint density at radius 3 is 2.59 bits per heavy atom. The van der Waals surface area contributed by atoms with Gasteiger partial charge < -0.3 is 0 Å². The molecule has 1 aliphatic rings. The second-order valence-corrected chi connectivity index (χ2v) is 8.33. The number of nitrogens with zero attached hydrogens (tertiary/aromatic N) is 2. The van der Waals surface area contributed by atoms with Gasteiger partial charge in [0, 0.05) is 28.4 Å². The number of carbonyl (C=O) groups is 2. The molecule has 0 bridgehead atoms. The van der Waals surface area contributed by atoms with Gasteiger partial charge in [-0.25, -0.2) is 15.4 Å². The summed E-state index contributed by atoms with van der Waals surface area (Å²) in [6.45, 7) is 0. The van der Waals surface area contributed by atoms with Crippen LogP contribution >= 0.6 is 22.7 Å². The average Bonchev–Trinajstić information content (AvgIpc) is 3.21. The first-order valence-corrected chi connectivity index (χ1v) is 10.3. The molecule has 1 saturated carbocycles. The zero-order valence-electron chi connectivity index (χ0n) is 14.3. The molecule has 8 heteroatoms. The van der Waals surface area contributed by atoms with Crippen LogP contribution in [0.25, 0.3) is 10.0 Å². The maximum Gasteiger partial charge on any atom is 0.274 e. The Kier molecular flexibility index (Phi) is 5.11. The molecular weight excluding hydrogens is 382 g/mol. The van der Waals surface area contributed by atoms with E-state index >= 15 is 0 Å². The number of thiazole rings is 2. The second-order valence-electron chi connectivity index (χ2n) is 6.40. The number of hydrogen-bond donors (Lipinski definition) is 2. The summed E-state index contributed by atoms with van der Waals surface area (Å²) in [7, 11) is 0. The number of rotatable bonds is 7. The third-order valence-electron chi connectivity index (χ3n) is 4.44. The minimum absolute atomic E-state index is 0.0492. The fraction of sp³-hybridized carbons (Fsp3) is 0.263. The average molecular weight is 399 g/mol. The number of carbonyl (C=O) groups excluding carboxylic acids is 2. The molecule has 0 radical (unpaired) electrons. The molecule has 0 aliphatic heterocycles. The Bertz CT molecular complexity index is 961. The molecule has 0 atom stereocenters. The highest BCUT2D eigenvalue weighted by atomic mass is 32.1. The van der Waals surface area contributed by atoms with Gasteiger partial charge in [0.2, 0.25) is 0 Å². The summed E-state index contributed by atoms with van der Waals surface area (Å²) in [6.07, 6.45) is 4.93. The lowest BCUT2D eigenvalue weighted by atomic mass is 10.0. The van der Waals surface area contributed by atoms with Gasteiger partial charge in [-0.3, -0.25) is 14.8 Å². The van der Waals surface area contributed by atoms with Crippen molar-refractivity contribution < 1.29 is 14.8 Å². The van der Waals surface area contributed by atoms with E-state index in [0.29, 0.717) is 30.0 Å².